The predicted octanol–water partition coefficient (Wildman–Crippen LogP) is 2.83. The number of amides is 3. The molecule has 136 valence electrons. The van der Waals surface area contributed by atoms with Gasteiger partial charge in [0.1, 0.15) is 0 Å². The molecule has 2 atom stereocenters. The molecular weight excluding hydrogens is 314 g/mol. The van der Waals surface area contributed by atoms with Crippen LogP contribution in [0.5, 0.6) is 0 Å². The topological polar surface area (TPSA) is 52.7 Å². The van der Waals surface area contributed by atoms with E-state index in [9.17, 15) is 9.59 Å². The van der Waals surface area contributed by atoms with Crippen molar-refractivity contribution < 1.29 is 9.59 Å². The van der Waals surface area contributed by atoms with Crippen LogP contribution in [0.2, 0.25) is 0 Å². The van der Waals surface area contributed by atoms with Gasteiger partial charge in [0.15, 0.2) is 0 Å². The van der Waals surface area contributed by atoms with Crippen molar-refractivity contribution in [3.63, 3.8) is 0 Å². The number of hydrogen-bond acceptors (Lipinski definition) is 2. The third kappa shape index (κ3) is 4.53. The van der Waals surface area contributed by atoms with E-state index in [-0.39, 0.29) is 23.8 Å². The number of hydrogen-bond donors (Lipinski definition) is 1. The molecule has 2 aliphatic rings. The Morgan fingerprint density at radius 1 is 1.08 bits per heavy atom. The lowest BCUT2D eigenvalue weighted by atomic mass is 9.96. The molecule has 1 N–H and O–H groups in total. The summed E-state index contributed by atoms with van der Waals surface area (Å²) in [5, 5.41) is 3.09. The smallest absolute Gasteiger partial charge is 0.320 e. The number of likely N-dealkylation sites (tertiary alicyclic amines) is 2. The minimum atomic E-state index is -0.0803. The highest BCUT2D eigenvalue weighted by Gasteiger charge is 2.31. The van der Waals surface area contributed by atoms with E-state index in [1.807, 2.05) is 28.0 Å². The van der Waals surface area contributed by atoms with Crippen LogP contribution in [0.4, 0.5) is 4.79 Å². The maximum Gasteiger partial charge on any atom is 0.320 e. The molecular formula is C20H29N3O2. The molecule has 0 aliphatic carbocycles. The molecule has 2 saturated heterocycles. The van der Waals surface area contributed by atoms with Crippen LogP contribution in [0.3, 0.4) is 0 Å². The molecule has 0 saturated carbocycles. The number of carbonyl (C=O) groups is 2. The molecule has 2 aliphatic heterocycles. The van der Waals surface area contributed by atoms with Gasteiger partial charge >= 0.3 is 6.03 Å². The fourth-order valence-electron chi connectivity index (χ4n) is 3.77. The second kappa shape index (κ2) is 8.37. The van der Waals surface area contributed by atoms with Crippen molar-refractivity contribution in [2.75, 3.05) is 32.7 Å². The lowest BCUT2D eigenvalue weighted by Gasteiger charge is -2.34. The summed E-state index contributed by atoms with van der Waals surface area (Å²) in [5.74, 6) is 0.293. The van der Waals surface area contributed by atoms with Gasteiger partial charge in [0.25, 0.3) is 0 Å². The van der Waals surface area contributed by atoms with Crippen molar-refractivity contribution >= 4 is 11.9 Å². The Morgan fingerprint density at radius 3 is 2.48 bits per heavy atom. The monoisotopic (exact) mass is 343 g/mol. The average Bonchev–Trinajstić information content (AvgIpc) is 3.20. The molecule has 2 fully saturated rings. The van der Waals surface area contributed by atoms with Crippen LogP contribution in [-0.4, -0.2) is 54.5 Å². The van der Waals surface area contributed by atoms with Crippen LogP contribution >= 0.6 is 0 Å². The molecule has 3 rings (SSSR count). The van der Waals surface area contributed by atoms with E-state index in [1.165, 1.54) is 5.56 Å². The van der Waals surface area contributed by atoms with Crippen LogP contribution < -0.4 is 5.32 Å². The molecule has 2 heterocycles. The van der Waals surface area contributed by atoms with Crippen molar-refractivity contribution in [1.29, 1.82) is 0 Å². The Labute approximate surface area is 150 Å². The van der Waals surface area contributed by atoms with Gasteiger partial charge in [-0.2, -0.15) is 0 Å². The lowest BCUT2D eigenvalue weighted by Crippen LogP contribution is -2.49. The lowest BCUT2D eigenvalue weighted by molar-refractivity contribution is -0.126. The fourth-order valence-corrected chi connectivity index (χ4v) is 3.77. The van der Waals surface area contributed by atoms with Crippen molar-refractivity contribution in [2.24, 2.45) is 5.92 Å². The molecule has 0 unspecified atom stereocenters. The van der Waals surface area contributed by atoms with Crippen molar-refractivity contribution in [2.45, 2.75) is 38.5 Å². The van der Waals surface area contributed by atoms with Gasteiger partial charge in [-0.05, 0) is 37.2 Å². The third-order valence-corrected chi connectivity index (χ3v) is 5.39. The Kier molecular flexibility index (Phi) is 5.95. The number of benzene rings is 1. The number of nitrogens with one attached hydrogen (secondary N) is 1. The quantitative estimate of drug-likeness (QED) is 0.914. The van der Waals surface area contributed by atoms with Gasteiger partial charge in [-0.3, -0.25) is 4.79 Å². The van der Waals surface area contributed by atoms with Crippen LogP contribution in [0.25, 0.3) is 0 Å². The van der Waals surface area contributed by atoms with Gasteiger partial charge in [0.05, 0.1) is 5.92 Å². The Morgan fingerprint density at radius 2 is 1.76 bits per heavy atom. The number of urea groups is 1. The van der Waals surface area contributed by atoms with Gasteiger partial charge in [-0.15, -0.1) is 0 Å². The molecule has 0 spiro atoms. The van der Waals surface area contributed by atoms with Crippen LogP contribution in [-0.2, 0) is 4.79 Å². The molecule has 0 aromatic heterocycles. The third-order valence-electron chi connectivity index (χ3n) is 5.39. The summed E-state index contributed by atoms with van der Waals surface area (Å²) < 4.78 is 0. The highest BCUT2D eigenvalue weighted by Crippen LogP contribution is 2.20. The molecule has 0 radical (unpaired) electrons. The first kappa shape index (κ1) is 17.8. The predicted molar refractivity (Wildman–Crippen MR) is 98.4 cm³/mol. The van der Waals surface area contributed by atoms with Crippen molar-refractivity contribution in [1.82, 2.24) is 15.1 Å². The summed E-state index contributed by atoms with van der Waals surface area (Å²) in [4.78, 5) is 28.9. The second-order valence-electron chi connectivity index (χ2n) is 7.32. The van der Waals surface area contributed by atoms with E-state index in [0.29, 0.717) is 13.1 Å². The van der Waals surface area contributed by atoms with Crippen LogP contribution in [0, 0.1) is 5.92 Å². The molecule has 5 heteroatoms. The zero-order valence-corrected chi connectivity index (χ0v) is 15.1. The first-order chi connectivity index (χ1) is 12.1. The SMILES string of the molecule is C[C@@H](CNC(=O)[C@@H]1CCCN(C(=O)N2CCCC2)C1)c1ccccc1. The molecule has 1 aromatic rings. The normalized spacial score (nSPS) is 21.9. The minimum Gasteiger partial charge on any atom is -0.355 e. The number of nitrogens with zero attached hydrogens (tertiary/aromatic N) is 2. The van der Waals surface area contributed by atoms with E-state index in [1.54, 1.807) is 0 Å². The zero-order chi connectivity index (χ0) is 17.6. The Bertz CT molecular complexity index is 584. The minimum absolute atomic E-state index is 0.0803. The number of rotatable bonds is 4. The zero-order valence-electron chi connectivity index (χ0n) is 15.1. The van der Waals surface area contributed by atoms with E-state index in [2.05, 4.69) is 24.4 Å². The maximum atomic E-state index is 12.6. The highest BCUT2D eigenvalue weighted by atomic mass is 16.2. The first-order valence-electron chi connectivity index (χ1n) is 9.51. The van der Waals surface area contributed by atoms with Gasteiger partial charge in [0.2, 0.25) is 5.91 Å². The summed E-state index contributed by atoms with van der Waals surface area (Å²) in [6.45, 7) is 5.82. The largest absolute Gasteiger partial charge is 0.355 e. The van der Waals surface area contributed by atoms with Gasteiger partial charge in [-0.1, -0.05) is 37.3 Å². The maximum absolute atomic E-state index is 12.6. The van der Waals surface area contributed by atoms with E-state index in [0.717, 1.165) is 45.3 Å². The molecule has 5 nitrogen and oxygen atoms in total. The molecule has 1 aromatic carbocycles. The summed E-state index contributed by atoms with van der Waals surface area (Å²) in [6, 6.07) is 10.4. The van der Waals surface area contributed by atoms with Gasteiger partial charge in [0, 0.05) is 32.7 Å². The van der Waals surface area contributed by atoms with Crippen molar-refractivity contribution in [3.8, 4) is 0 Å². The standard InChI is InChI=1S/C20H29N3O2/c1-16(17-8-3-2-4-9-17)14-21-19(24)18-10-7-13-23(15-18)20(25)22-11-5-6-12-22/h2-4,8-9,16,18H,5-7,10-15H2,1H3,(H,21,24)/t16-,18+/m0/s1. The molecule has 0 bridgehead atoms. The number of carbonyl (C=O) groups excluding carboxylic acids is 2. The van der Waals surface area contributed by atoms with Gasteiger partial charge in [-0.25, -0.2) is 4.79 Å². The van der Waals surface area contributed by atoms with E-state index < -0.39 is 0 Å². The summed E-state index contributed by atoms with van der Waals surface area (Å²) in [5.41, 5.74) is 1.23. The van der Waals surface area contributed by atoms with Gasteiger partial charge < -0.3 is 15.1 Å². The van der Waals surface area contributed by atoms with E-state index in [4.69, 9.17) is 0 Å². The van der Waals surface area contributed by atoms with E-state index >= 15 is 0 Å². The van der Waals surface area contributed by atoms with Crippen LogP contribution in [0.15, 0.2) is 30.3 Å². The number of piperidine rings is 1. The van der Waals surface area contributed by atoms with Crippen molar-refractivity contribution in [3.05, 3.63) is 35.9 Å². The fraction of sp³-hybridized carbons (Fsp3) is 0.600. The van der Waals surface area contributed by atoms with Crippen LogP contribution in [0.1, 0.15) is 44.1 Å². The second-order valence-corrected chi connectivity index (χ2v) is 7.32. The first-order valence-corrected chi connectivity index (χ1v) is 9.51. The average molecular weight is 343 g/mol. The summed E-state index contributed by atoms with van der Waals surface area (Å²) in [6.07, 6.45) is 3.98. The molecule has 25 heavy (non-hydrogen) atoms. The highest BCUT2D eigenvalue weighted by molar-refractivity contribution is 5.81. The molecule has 3 amide bonds. The Hall–Kier alpha value is -2.04. The summed E-state index contributed by atoms with van der Waals surface area (Å²) in [7, 11) is 0. The Balaban J connectivity index is 1.49. The summed E-state index contributed by atoms with van der Waals surface area (Å²) >= 11 is 0.